The summed E-state index contributed by atoms with van der Waals surface area (Å²) in [6.07, 6.45) is 3.85. The van der Waals surface area contributed by atoms with Gasteiger partial charge in [-0.3, -0.25) is 13.9 Å². The molecule has 0 saturated heterocycles. The lowest BCUT2D eigenvalue weighted by Gasteiger charge is -2.34. The maximum absolute atomic E-state index is 14.6. The van der Waals surface area contributed by atoms with Crippen molar-refractivity contribution in [3.63, 3.8) is 0 Å². The predicted molar refractivity (Wildman–Crippen MR) is 183 cm³/mol. The standard InChI is InChI=1S/C36H36Cl2FN3O4S/c1-25-14-20-30(21-15-25)47(45,46)42(32-13-7-12-31(37)35(32)38)24-34(43)41(23-27-16-18-28(39)19-17-27)33(22-26-8-3-2-4-9-26)36(44)40-29-10-5-6-11-29/h2-4,7-9,12-21,29,33H,5-6,10-11,22-24H2,1H3,(H,40,44). The Hall–Kier alpha value is -3.92. The number of hydrogen-bond acceptors (Lipinski definition) is 4. The van der Waals surface area contributed by atoms with Crippen molar-refractivity contribution in [1.29, 1.82) is 0 Å². The number of aryl methyl sites for hydroxylation is 1. The van der Waals surface area contributed by atoms with Crippen molar-refractivity contribution in [1.82, 2.24) is 10.2 Å². The lowest BCUT2D eigenvalue weighted by molar-refractivity contribution is -0.140. The fraction of sp³-hybridized carbons (Fsp3) is 0.278. The summed E-state index contributed by atoms with van der Waals surface area (Å²) in [5, 5.41) is 3.20. The molecule has 4 aromatic rings. The van der Waals surface area contributed by atoms with Gasteiger partial charge in [-0.25, -0.2) is 12.8 Å². The first kappa shape index (κ1) is 34.4. The summed E-state index contributed by atoms with van der Waals surface area (Å²) >= 11 is 12.9. The first-order valence-corrected chi connectivity index (χ1v) is 17.6. The quantitative estimate of drug-likeness (QED) is 0.168. The van der Waals surface area contributed by atoms with Gasteiger partial charge in [0, 0.05) is 19.0 Å². The Morgan fingerprint density at radius 3 is 2.19 bits per heavy atom. The number of hydrogen-bond donors (Lipinski definition) is 1. The van der Waals surface area contributed by atoms with Crippen LogP contribution >= 0.6 is 23.2 Å². The van der Waals surface area contributed by atoms with E-state index in [0.717, 1.165) is 41.1 Å². The Morgan fingerprint density at radius 2 is 1.53 bits per heavy atom. The van der Waals surface area contributed by atoms with Gasteiger partial charge in [-0.2, -0.15) is 0 Å². The van der Waals surface area contributed by atoms with Crippen LogP contribution in [-0.4, -0.2) is 43.8 Å². The first-order valence-electron chi connectivity index (χ1n) is 15.4. The fourth-order valence-electron chi connectivity index (χ4n) is 5.74. The van der Waals surface area contributed by atoms with E-state index in [2.05, 4.69) is 5.32 Å². The summed E-state index contributed by atoms with van der Waals surface area (Å²) in [5.74, 6) is -1.44. The molecule has 1 N–H and O–H groups in total. The number of carbonyl (C=O) groups excluding carboxylic acids is 2. The van der Waals surface area contributed by atoms with Gasteiger partial charge in [-0.15, -0.1) is 0 Å². The van der Waals surface area contributed by atoms with Crippen molar-refractivity contribution in [3.8, 4) is 0 Å². The molecule has 0 spiro atoms. The van der Waals surface area contributed by atoms with Crippen LogP contribution in [0.1, 0.15) is 42.4 Å². The van der Waals surface area contributed by atoms with Crippen LogP contribution in [0.5, 0.6) is 0 Å². The molecule has 0 aliphatic heterocycles. The lowest BCUT2D eigenvalue weighted by Crippen LogP contribution is -2.54. The van der Waals surface area contributed by atoms with Gasteiger partial charge >= 0.3 is 0 Å². The Labute approximate surface area is 285 Å². The monoisotopic (exact) mass is 695 g/mol. The minimum Gasteiger partial charge on any atom is -0.352 e. The van der Waals surface area contributed by atoms with E-state index in [-0.39, 0.29) is 45.5 Å². The van der Waals surface area contributed by atoms with Gasteiger partial charge < -0.3 is 10.2 Å². The number of sulfonamides is 1. The first-order chi connectivity index (χ1) is 22.5. The van der Waals surface area contributed by atoms with Crippen molar-refractivity contribution in [2.75, 3.05) is 10.8 Å². The van der Waals surface area contributed by atoms with Gasteiger partial charge in [0.1, 0.15) is 18.4 Å². The third kappa shape index (κ3) is 8.52. The van der Waals surface area contributed by atoms with Gasteiger partial charge in [0.2, 0.25) is 11.8 Å². The molecule has 2 amide bonds. The molecule has 0 bridgehead atoms. The average Bonchev–Trinajstić information content (AvgIpc) is 3.57. The topological polar surface area (TPSA) is 86.8 Å². The van der Waals surface area contributed by atoms with Crippen molar-refractivity contribution in [2.24, 2.45) is 0 Å². The van der Waals surface area contributed by atoms with Gasteiger partial charge in [0.15, 0.2) is 0 Å². The zero-order valence-corrected chi connectivity index (χ0v) is 28.2. The molecule has 0 radical (unpaired) electrons. The molecule has 11 heteroatoms. The number of nitrogens with zero attached hydrogens (tertiary/aromatic N) is 2. The van der Waals surface area contributed by atoms with Crippen molar-refractivity contribution < 1.29 is 22.4 Å². The predicted octanol–water partition coefficient (Wildman–Crippen LogP) is 7.34. The van der Waals surface area contributed by atoms with Crippen LogP contribution in [0.3, 0.4) is 0 Å². The molecule has 4 aromatic carbocycles. The van der Waals surface area contributed by atoms with E-state index in [1.54, 1.807) is 30.3 Å². The molecular weight excluding hydrogens is 660 g/mol. The highest BCUT2D eigenvalue weighted by Crippen LogP contribution is 2.36. The van der Waals surface area contributed by atoms with E-state index in [1.165, 1.54) is 41.3 Å². The van der Waals surface area contributed by atoms with Crippen molar-refractivity contribution >= 4 is 50.7 Å². The molecule has 246 valence electrons. The summed E-state index contributed by atoms with van der Waals surface area (Å²) in [5.41, 5.74) is 2.26. The smallest absolute Gasteiger partial charge is 0.264 e. The lowest BCUT2D eigenvalue weighted by atomic mass is 10.0. The molecule has 0 heterocycles. The number of rotatable bonds is 12. The third-order valence-corrected chi connectivity index (χ3v) is 10.9. The molecule has 1 atom stereocenters. The number of halogens is 3. The molecular formula is C36H36Cl2FN3O4S. The second-order valence-electron chi connectivity index (χ2n) is 11.7. The van der Waals surface area contributed by atoms with E-state index in [4.69, 9.17) is 23.2 Å². The van der Waals surface area contributed by atoms with E-state index >= 15 is 0 Å². The molecule has 1 fully saturated rings. The van der Waals surface area contributed by atoms with E-state index < -0.39 is 34.3 Å². The number of carbonyl (C=O) groups is 2. The molecule has 1 unspecified atom stereocenters. The summed E-state index contributed by atoms with van der Waals surface area (Å²) in [6, 6.07) is 24.7. The number of nitrogens with one attached hydrogen (secondary N) is 1. The Bertz CT molecular complexity index is 1800. The molecule has 1 saturated carbocycles. The summed E-state index contributed by atoms with van der Waals surface area (Å²) < 4.78 is 43.3. The van der Waals surface area contributed by atoms with Crippen molar-refractivity contribution in [2.45, 2.75) is 62.6 Å². The largest absolute Gasteiger partial charge is 0.352 e. The van der Waals surface area contributed by atoms with E-state index in [0.29, 0.717) is 5.56 Å². The number of benzene rings is 4. The van der Waals surface area contributed by atoms with Crippen LogP contribution in [-0.2, 0) is 32.6 Å². The summed E-state index contributed by atoms with van der Waals surface area (Å²) in [4.78, 5) is 30.0. The molecule has 1 aliphatic carbocycles. The van der Waals surface area contributed by atoms with E-state index in [1.807, 2.05) is 37.3 Å². The highest BCUT2D eigenvalue weighted by atomic mass is 35.5. The zero-order chi connectivity index (χ0) is 33.6. The molecule has 1 aliphatic rings. The Kier molecular flexibility index (Phi) is 11.2. The van der Waals surface area contributed by atoms with E-state index in [9.17, 15) is 22.4 Å². The minimum atomic E-state index is -4.35. The molecule has 5 rings (SSSR count). The molecule has 7 nitrogen and oxygen atoms in total. The molecule has 47 heavy (non-hydrogen) atoms. The van der Waals surface area contributed by atoms with Crippen LogP contribution in [0.4, 0.5) is 10.1 Å². The number of amides is 2. The second-order valence-corrected chi connectivity index (χ2v) is 14.4. The maximum Gasteiger partial charge on any atom is 0.264 e. The third-order valence-electron chi connectivity index (χ3n) is 8.33. The van der Waals surface area contributed by atoms with Gasteiger partial charge in [-0.1, -0.05) is 102 Å². The van der Waals surface area contributed by atoms with Gasteiger partial charge in [-0.05, 0) is 67.3 Å². The maximum atomic E-state index is 14.6. The summed E-state index contributed by atoms with van der Waals surface area (Å²) in [6.45, 7) is 1.08. The highest BCUT2D eigenvalue weighted by Gasteiger charge is 2.36. The zero-order valence-electron chi connectivity index (χ0n) is 25.9. The Morgan fingerprint density at radius 1 is 0.872 bits per heavy atom. The Balaban J connectivity index is 1.58. The fourth-order valence-corrected chi connectivity index (χ4v) is 7.62. The minimum absolute atomic E-state index is 0.0184. The SMILES string of the molecule is Cc1ccc(S(=O)(=O)N(CC(=O)N(Cc2ccc(F)cc2)C(Cc2ccccc2)C(=O)NC2CCCC2)c2cccc(Cl)c2Cl)cc1. The van der Waals surface area contributed by atoms with Gasteiger partial charge in [0.25, 0.3) is 10.0 Å². The molecule has 0 aromatic heterocycles. The normalized spacial score (nSPS) is 14.0. The van der Waals surface area contributed by atoms with Crippen molar-refractivity contribution in [3.05, 3.63) is 130 Å². The van der Waals surface area contributed by atoms with Crippen LogP contribution < -0.4 is 9.62 Å². The van der Waals surface area contributed by atoms with Crippen LogP contribution in [0.25, 0.3) is 0 Å². The van der Waals surface area contributed by atoms with Gasteiger partial charge in [0.05, 0.1) is 20.6 Å². The van der Waals surface area contributed by atoms with Crippen LogP contribution in [0.15, 0.2) is 102 Å². The summed E-state index contributed by atoms with van der Waals surface area (Å²) in [7, 11) is -4.35. The van der Waals surface area contributed by atoms with Crippen LogP contribution in [0, 0.1) is 12.7 Å². The second kappa shape index (κ2) is 15.3. The number of anilines is 1. The highest BCUT2D eigenvalue weighted by molar-refractivity contribution is 7.92. The average molecular weight is 697 g/mol. The van der Waals surface area contributed by atoms with Crippen LogP contribution in [0.2, 0.25) is 10.0 Å².